The van der Waals surface area contributed by atoms with Gasteiger partial charge >= 0.3 is 0 Å². The molecule has 0 N–H and O–H groups in total. The third kappa shape index (κ3) is 2.61. The van der Waals surface area contributed by atoms with Crippen molar-refractivity contribution in [3.8, 4) is 6.07 Å². The molecule has 1 fully saturated rings. The lowest BCUT2D eigenvalue weighted by molar-refractivity contribution is 0.265. The summed E-state index contributed by atoms with van der Waals surface area (Å²) < 4.78 is 13.3. The number of nitriles is 1. The van der Waals surface area contributed by atoms with Gasteiger partial charge in [0.2, 0.25) is 0 Å². The smallest absolute Gasteiger partial charge is 0.142 e. The monoisotopic (exact) mass is 251 g/mol. The van der Waals surface area contributed by atoms with Gasteiger partial charge in [-0.1, -0.05) is 43.0 Å². The highest BCUT2D eigenvalue weighted by atomic mass is 35.5. The molecule has 1 nitrogen and oxygen atoms in total. The third-order valence-corrected chi connectivity index (χ3v) is 4.03. The van der Waals surface area contributed by atoms with Gasteiger partial charge in [-0.3, -0.25) is 0 Å². The molecule has 1 aliphatic carbocycles. The zero-order chi connectivity index (χ0) is 12.3. The van der Waals surface area contributed by atoms with Crippen molar-refractivity contribution in [1.29, 1.82) is 5.26 Å². The molecule has 0 atom stereocenters. The van der Waals surface area contributed by atoms with Crippen molar-refractivity contribution in [2.75, 3.05) is 0 Å². The lowest BCUT2D eigenvalue weighted by atomic mass is 9.71. The van der Waals surface area contributed by atoms with E-state index in [0.29, 0.717) is 6.42 Å². The first-order chi connectivity index (χ1) is 8.17. The highest BCUT2D eigenvalue weighted by Crippen LogP contribution is 2.40. The molecule has 1 aromatic carbocycles. The molecule has 0 bridgehead atoms. The molecule has 0 amide bonds. The molecule has 2 rings (SSSR count). The van der Waals surface area contributed by atoms with Crippen LogP contribution in [0.15, 0.2) is 18.2 Å². The second kappa shape index (κ2) is 5.06. The molecule has 90 valence electrons. The fourth-order valence-electron chi connectivity index (χ4n) is 2.61. The summed E-state index contributed by atoms with van der Waals surface area (Å²) in [6.07, 6.45) is 5.73. The van der Waals surface area contributed by atoms with E-state index < -0.39 is 5.82 Å². The fourth-order valence-corrected chi connectivity index (χ4v) is 2.80. The number of hydrogen-bond acceptors (Lipinski definition) is 1. The van der Waals surface area contributed by atoms with E-state index in [9.17, 15) is 9.65 Å². The standard InChI is InChI=1S/C14H15ClFN/c15-13-11(5-4-6-12(13)16)9-14(10-17)7-2-1-3-8-14/h4-6H,1-3,7-9H2. The van der Waals surface area contributed by atoms with Crippen LogP contribution in [0.2, 0.25) is 5.02 Å². The van der Waals surface area contributed by atoms with Crippen molar-refractivity contribution in [1.82, 2.24) is 0 Å². The number of benzene rings is 1. The second-order valence-electron chi connectivity index (χ2n) is 4.84. The molecular weight excluding hydrogens is 237 g/mol. The van der Waals surface area contributed by atoms with E-state index >= 15 is 0 Å². The Labute approximate surface area is 106 Å². The van der Waals surface area contributed by atoms with Crippen LogP contribution in [-0.2, 0) is 6.42 Å². The van der Waals surface area contributed by atoms with Crippen LogP contribution in [-0.4, -0.2) is 0 Å². The average Bonchev–Trinajstić information content (AvgIpc) is 2.36. The van der Waals surface area contributed by atoms with E-state index in [2.05, 4.69) is 6.07 Å². The Morgan fingerprint density at radius 2 is 2.00 bits per heavy atom. The van der Waals surface area contributed by atoms with Crippen molar-refractivity contribution in [3.05, 3.63) is 34.6 Å². The fraction of sp³-hybridized carbons (Fsp3) is 0.500. The molecule has 17 heavy (non-hydrogen) atoms. The molecule has 0 saturated heterocycles. The minimum Gasteiger partial charge on any atom is -0.205 e. The average molecular weight is 252 g/mol. The highest BCUT2D eigenvalue weighted by molar-refractivity contribution is 6.31. The molecule has 3 heteroatoms. The number of hydrogen-bond donors (Lipinski definition) is 0. The van der Waals surface area contributed by atoms with E-state index in [1.807, 2.05) is 6.07 Å². The SMILES string of the molecule is N#CC1(Cc2cccc(F)c2Cl)CCCCC1. The Bertz CT molecular complexity index is 444. The predicted molar refractivity (Wildman–Crippen MR) is 66.2 cm³/mol. The first-order valence-electron chi connectivity index (χ1n) is 6.01. The van der Waals surface area contributed by atoms with Gasteiger partial charge in [-0.2, -0.15) is 5.26 Å². The summed E-state index contributed by atoms with van der Waals surface area (Å²) in [7, 11) is 0. The normalized spacial score (nSPS) is 18.6. The Morgan fingerprint density at radius 1 is 1.29 bits per heavy atom. The number of rotatable bonds is 2. The first kappa shape index (κ1) is 12.4. The Balaban J connectivity index is 2.24. The molecule has 1 aromatic rings. The molecule has 0 aromatic heterocycles. The molecule has 0 heterocycles. The molecule has 1 aliphatic rings. The van der Waals surface area contributed by atoms with Gasteiger partial charge in [0.1, 0.15) is 5.82 Å². The molecule has 0 unspecified atom stereocenters. The molecular formula is C14H15ClFN. The van der Waals surface area contributed by atoms with Gasteiger partial charge in [0.15, 0.2) is 0 Å². The first-order valence-corrected chi connectivity index (χ1v) is 6.39. The van der Waals surface area contributed by atoms with Gasteiger partial charge in [-0.05, 0) is 30.9 Å². The van der Waals surface area contributed by atoms with Crippen molar-refractivity contribution in [2.24, 2.45) is 5.41 Å². The minimum absolute atomic E-state index is 0.174. The van der Waals surface area contributed by atoms with Crippen molar-refractivity contribution >= 4 is 11.6 Å². The summed E-state index contributed by atoms with van der Waals surface area (Å²) >= 11 is 5.95. The lowest BCUT2D eigenvalue weighted by Gasteiger charge is -2.30. The van der Waals surface area contributed by atoms with Crippen molar-refractivity contribution in [3.63, 3.8) is 0 Å². The van der Waals surface area contributed by atoms with Crippen molar-refractivity contribution < 1.29 is 4.39 Å². The quantitative estimate of drug-likeness (QED) is 0.759. The molecule has 1 saturated carbocycles. The molecule has 0 radical (unpaired) electrons. The third-order valence-electron chi connectivity index (χ3n) is 3.61. The predicted octanol–water partition coefficient (Wildman–Crippen LogP) is 4.50. The van der Waals surface area contributed by atoms with Crippen LogP contribution in [0.4, 0.5) is 4.39 Å². The van der Waals surface area contributed by atoms with E-state index in [1.165, 1.54) is 12.5 Å². The highest BCUT2D eigenvalue weighted by Gasteiger charge is 2.33. The van der Waals surface area contributed by atoms with Crippen LogP contribution >= 0.6 is 11.6 Å². The van der Waals surface area contributed by atoms with E-state index in [1.54, 1.807) is 6.07 Å². The molecule has 0 spiro atoms. The number of nitrogens with zero attached hydrogens (tertiary/aromatic N) is 1. The van der Waals surface area contributed by atoms with Crippen LogP contribution in [0.5, 0.6) is 0 Å². The summed E-state index contributed by atoms with van der Waals surface area (Å²) in [6.45, 7) is 0. The largest absolute Gasteiger partial charge is 0.205 e. The number of halogens is 2. The van der Waals surface area contributed by atoms with Crippen LogP contribution in [0.1, 0.15) is 37.7 Å². The van der Waals surface area contributed by atoms with E-state index in [4.69, 9.17) is 11.6 Å². The van der Waals surface area contributed by atoms with Crippen LogP contribution in [0.25, 0.3) is 0 Å². The zero-order valence-corrected chi connectivity index (χ0v) is 10.4. The van der Waals surface area contributed by atoms with E-state index in [0.717, 1.165) is 31.2 Å². The zero-order valence-electron chi connectivity index (χ0n) is 9.68. The summed E-state index contributed by atoms with van der Waals surface area (Å²) in [5.41, 5.74) is 0.422. The Kier molecular flexibility index (Phi) is 3.69. The maximum atomic E-state index is 13.3. The van der Waals surface area contributed by atoms with Gasteiger partial charge < -0.3 is 0 Å². The van der Waals surface area contributed by atoms with Gasteiger partial charge in [0.25, 0.3) is 0 Å². The van der Waals surface area contributed by atoms with Gasteiger partial charge in [0, 0.05) is 0 Å². The minimum atomic E-state index is -0.395. The summed E-state index contributed by atoms with van der Waals surface area (Å²) in [4.78, 5) is 0. The topological polar surface area (TPSA) is 23.8 Å². The maximum Gasteiger partial charge on any atom is 0.142 e. The van der Waals surface area contributed by atoms with E-state index in [-0.39, 0.29) is 10.4 Å². The maximum absolute atomic E-state index is 13.3. The van der Waals surface area contributed by atoms with Crippen LogP contribution in [0, 0.1) is 22.6 Å². The van der Waals surface area contributed by atoms with Crippen LogP contribution < -0.4 is 0 Å². The summed E-state index contributed by atoms with van der Waals surface area (Å²) in [6, 6.07) is 7.26. The summed E-state index contributed by atoms with van der Waals surface area (Å²) in [5, 5.41) is 9.55. The molecule has 0 aliphatic heterocycles. The Morgan fingerprint density at radius 3 is 2.65 bits per heavy atom. The van der Waals surface area contributed by atoms with Gasteiger partial charge in [0.05, 0.1) is 16.5 Å². The second-order valence-corrected chi connectivity index (χ2v) is 5.22. The van der Waals surface area contributed by atoms with Gasteiger partial charge in [-0.25, -0.2) is 4.39 Å². The van der Waals surface area contributed by atoms with Crippen LogP contribution in [0.3, 0.4) is 0 Å². The lowest BCUT2D eigenvalue weighted by Crippen LogP contribution is -2.25. The van der Waals surface area contributed by atoms with Gasteiger partial charge in [-0.15, -0.1) is 0 Å². The van der Waals surface area contributed by atoms with Crippen molar-refractivity contribution in [2.45, 2.75) is 38.5 Å². The Hall–Kier alpha value is -1.07. The summed E-state index contributed by atoms with van der Waals surface area (Å²) in [5.74, 6) is -0.395.